The number of amides is 1. The quantitative estimate of drug-likeness (QED) is 0.228. The van der Waals surface area contributed by atoms with Gasteiger partial charge in [0.25, 0.3) is 11.7 Å². The number of esters is 1. The summed E-state index contributed by atoms with van der Waals surface area (Å²) in [5.74, 6) is -2.37. The molecule has 0 saturated carbocycles. The van der Waals surface area contributed by atoms with Gasteiger partial charge in [-0.1, -0.05) is 6.07 Å². The zero-order chi connectivity index (χ0) is 26.9. The Morgan fingerprint density at radius 3 is 2.24 bits per heavy atom. The highest BCUT2D eigenvalue weighted by atomic mass is 19.4. The lowest BCUT2D eigenvalue weighted by atomic mass is 10.1. The largest absolute Gasteiger partial charge is 0.465 e. The van der Waals surface area contributed by atoms with E-state index >= 15 is 0 Å². The molecule has 1 aromatic heterocycles. The van der Waals surface area contributed by atoms with Crippen LogP contribution >= 0.6 is 0 Å². The van der Waals surface area contributed by atoms with E-state index in [1.807, 2.05) is 0 Å². The number of primary amides is 1. The van der Waals surface area contributed by atoms with E-state index in [1.54, 1.807) is 16.7 Å². The number of methoxy groups -OCH3 is 1. The van der Waals surface area contributed by atoms with Crippen molar-refractivity contribution in [3.05, 3.63) is 89.1 Å². The van der Waals surface area contributed by atoms with E-state index in [2.05, 4.69) is 0 Å². The van der Waals surface area contributed by atoms with Crippen molar-refractivity contribution in [2.45, 2.75) is 6.18 Å². The molecule has 3 aromatic carbocycles. The number of alkyl halides is 3. The molecule has 0 bridgehead atoms. The summed E-state index contributed by atoms with van der Waals surface area (Å²) in [5.41, 5.74) is 4.71. The van der Waals surface area contributed by atoms with Crippen molar-refractivity contribution in [1.82, 2.24) is 4.57 Å². The Hall–Kier alpha value is -5.11. The first kappa shape index (κ1) is 25.0. The van der Waals surface area contributed by atoms with Crippen LogP contribution in [0.3, 0.4) is 0 Å². The summed E-state index contributed by atoms with van der Waals surface area (Å²) in [6.07, 6.45) is -3.27. The maximum absolute atomic E-state index is 13.0. The summed E-state index contributed by atoms with van der Waals surface area (Å²) in [7, 11) is 1.22. The van der Waals surface area contributed by atoms with Crippen molar-refractivity contribution < 1.29 is 37.0 Å². The Bertz CT molecular complexity index is 1600. The van der Waals surface area contributed by atoms with Crippen molar-refractivity contribution in [2.75, 3.05) is 7.11 Å². The first-order chi connectivity index (χ1) is 17.5. The van der Waals surface area contributed by atoms with Gasteiger partial charge in [-0.3, -0.25) is 9.59 Å². The third-order valence-electron chi connectivity index (χ3n) is 5.46. The molecular weight excluding hydrogens is 491 g/mol. The fourth-order valence-corrected chi connectivity index (χ4v) is 3.74. The van der Waals surface area contributed by atoms with Crippen LogP contribution in [0.2, 0.25) is 0 Å². The van der Waals surface area contributed by atoms with Gasteiger partial charge >= 0.3 is 12.1 Å². The van der Waals surface area contributed by atoms with Gasteiger partial charge in [0.05, 0.1) is 40.9 Å². The van der Waals surface area contributed by atoms with Crippen molar-refractivity contribution in [3.8, 4) is 23.3 Å². The van der Waals surface area contributed by atoms with E-state index in [9.17, 15) is 27.6 Å². The molecule has 11 heteroatoms. The average Bonchev–Trinajstić information content (AvgIpc) is 3.26. The van der Waals surface area contributed by atoms with Crippen LogP contribution in [0.5, 0.6) is 11.5 Å². The summed E-state index contributed by atoms with van der Waals surface area (Å²) in [6.45, 7) is 0. The number of nitrogens with zero attached hydrogens (tertiary/aromatic N) is 2. The number of ketones is 1. The van der Waals surface area contributed by atoms with Crippen LogP contribution in [-0.4, -0.2) is 29.3 Å². The molecule has 0 spiro atoms. The van der Waals surface area contributed by atoms with Gasteiger partial charge in [0.1, 0.15) is 11.5 Å². The highest BCUT2D eigenvalue weighted by Gasteiger charge is 2.33. The molecule has 186 valence electrons. The Labute approximate surface area is 207 Å². The Kier molecular flexibility index (Phi) is 6.42. The maximum atomic E-state index is 13.0. The lowest BCUT2D eigenvalue weighted by Gasteiger charge is -2.12. The van der Waals surface area contributed by atoms with E-state index in [4.69, 9.17) is 20.5 Å². The van der Waals surface area contributed by atoms with Gasteiger partial charge in [-0.25, -0.2) is 4.79 Å². The number of rotatable bonds is 6. The number of benzene rings is 3. The number of halogens is 3. The molecule has 37 heavy (non-hydrogen) atoms. The Morgan fingerprint density at radius 1 is 0.973 bits per heavy atom. The number of nitriles is 1. The molecule has 1 heterocycles. The number of Topliss-reactive ketones (excluding diaryl/α,β-unsaturated/α-hetero) is 1. The fourth-order valence-electron chi connectivity index (χ4n) is 3.74. The van der Waals surface area contributed by atoms with E-state index in [1.165, 1.54) is 49.7 Å². The molecule has 0 atom stereocenters. The van der Waals surface area contributed by atoms with Crippen LogP contribution in [-0.2, 0) is 15.7 Å². The summed E-state index contributed by atoms with van der Waals surface area (Å²) in [6, 6.07) is 15.0. The van der Waals surface area contributed by atoms with Crippen LogP contribution in [0.1, 0.15) is 31.8 Å². The van der Waals surface area contributed by atoms with Gasteiger partial charge in [0, 0.05) is 17.3 Å². The summed E-state index contributed by atoms with van der Waals surface area (Å²) in [5, 5.41) is 9.46. The van der Waals surface area contributed by atoms with Gasteiger partial charge in [0.2, 0.25) is 0 Å². The van der Waals surface area contributed by atoms with E-state index in [0.29, 0.717) is 16.6 Å². The molecule has 2 N–H and O–H groups in total. The number of hydrogen-bond acceptors (Lipinski definition) is 6. The first-order valence-corrected chi connectivity index (χ1v) is 10.5. The molecule has 0 aliphatic rings. The zero-order valence-corrected chi connectivity index (χ0v) is 19.0. The van der Waals surface area contributed by atoms with Gasteiger partial charge < -0.3 is 19.8 Å². The third kappa shape index (κ3) is 4.85. The van der Waals surface area contributed by atoms with Gasteiger partial charge in [-0.2, -0.15) is 18.4 Å². The minimum Gasteiger partial charge on any atom is -0.465 e. The predicted octanol–water partition coefficient (Wildman–Crippen LogP) is 4.77. The summed E-state index contributed by atoms with van der Waals surface area (Å²) >= 11 is 0. The average molecular weight is 507 g/mol. The Balaban J connectivity index is 1.72. The van der Waals surface area contributed by atoms with Crippen LogP contribution < -0.4 is 10.5 Å². The number of carbonyl (C=O) groups excluding carboxylic acids is 3. The zero-order valence-electron chi connectivity index (χ0n) is 19.0. The van der Waals surface area contributed by atoms with Gasteiger partial charge in [-0.05, 0) is 54.6 Å². The molecule has 1 amide bonds. The second kappa shape index (κ2) is 9.50. The summed E-state index contributed by atoms with van der Waals surface area (Å²) in [4.78, 5) is 35.9. The molecular formula is C26H16F3N3O5. The van der Waals surface area contributed by atoms with Crippen LogP contribution in [0.25, 0.3) is 16.6 Å². The highest BCUT2D eigenvalue weighted by Crippen LogP contribution is 2.35. The maximum Gasteiger partial charge on any atom is 0.417 e. The third-order valence-corrected chi connectivity index (χ3v) is 5.46. The monoisotopic (exact) mass is 507 g/mol. The highest BCUT2D eigenvalue weighted by molar-refractivity contribution is 6.44. The van der Waals surface area contributed by atoms with Crippen molar-refractivity contribution >= 4 is 28.6 Å². The standard InChI is InChI=1S/C26H16F3N3O5/c1-36-25(35)14-2-8-19-20(23(33)24(31)34)13-32(22(19)11-14)16-3-5-17(6-4-16)37-18-7-9-21(26(27,28)29)15(10-18)12-30/h2-11,13H,1H3,(H2,31,34). The minimum absolute atomic E-state index is 0.0285. The predicted molar refractivity (Wildman–Crippen MR) is 124 cm³/mol. The SMILES string of the molecule is COC(=O)c1ccc2c(C(=O)C(N)=O)cn(-c3ccc(Oc4ccc(C(F)(F)F)c(C#N)c4)cc3)c2c1. The van der Waals surface area contributed by atoms with Crippen LogP contribution in [0.15, 0.2) is 66.9 Å². The lowest BCUT2D eigenvalue weighted by Crippen LogP contribution is -2.22. The number of hydrogen-bond donors (Lipinski definition) is 1. The van der Waals surface area contributed by atoms with Gasteiger partial charge in [0.15, 0.2) is 0 Å². The van der Waals surface area contributed by atoms with Crippen LogP contribution in [0.4, 0.5) is 13.2 Å². The van der Waals surface area contributed by atoms with E-state index in [0.717, 1.165) is 18.2 Å². The fraction of sp³-hybridized carbons (Fsp3) is 0.0769. The number of aromatic nitrogens is 1. The first-order valence-electron chi connectivity index (χ1n) is 10.5. The summed E-state index contributed by atoms with van der Waals surface area (Å²) < 4.78 is 51.0. The minimum atomic E-state index is -4.67. The number of ether oxygens (including phenoxy) is 2. The Morgan fingerprint density at radius 2 is 1.65 bits per heavy atom. The number of carbonyl (C=O) groups is 3. The normalized spacial score (nSPS) is 11.1. The smallest absolute Gasteiger partial charge is 0.417 e. The van der Waals surface area contributed by atoms with Crippen LogP contribution in [0, 0.1) is 11.3 Å². The van der Waals surface area contributed by atoms with Crippen molar-refractivity contribution in [1.29, 1.82) is 5.26 Å². The second-order valence-corrected chi connectivity index (χ2v) is 7.74. The molecule has 4 aromatic rings. The number of fused-ring (bicyclic) bond motifs is 1. The molecule has 4 rings (SSSR count). The number of nitrogens with two attached hydrogens (primary N) is 1. The molecule has 0 saturated heterocycles. The van der Waals surface area contributed by atoms with Crippen molar-refractivity contribution in [2.24, 2.45) is 5.73 Å². The molecule has 0 unspecified atom stereocenters. The topological polar surface area (TPSA) is 124 Å². The van der Waals surface area contributed by atoms with Gasteiger partial charge in [-0.15, -0.1) is 0 Å². The second-order valence-electron chi connectivity index (χ2n) is 7.74. The van der Waals surface area contributed by atoms with Crippen molar-refractivity contribution in [3.63, 3.8) is 0 Å². The molecule has 0 fully saturated rings. The molecule has 0 radical (unpaired) electrons. The van der Waals surface area contributed by atoms with E-state index < -0.39 is 35.0 Å². The lowest BCUT2D eigenvalue weighted by molar-refractivity contribution is -0.137. The molecule has 0 aliphatic heterocycles. The van der Waals surface area contributed by atoms with E-state index in [-0.39, 0.29) is 22.6 Å². The molecule has 8 nitrogen and oxygen atoms in total. The molecule has 0 aliphatic carbocycles.